The van der Waals surface area contributed by atoms with Crippen molar-refractivity contribution in [2.75, 3.05) is 0 Å². The van der Waals surface area contributed by atoms with E-state index in [4.69, 9.17) is 11.6 Å². The topological polar surface area (TPSA) is 0 Å². The molecule has 0 aliphatic heterocycles. The highest BCUT2D eigenvalue weighted by molar-refractivity contribution is 9.10. The first-order valence-corrected chi connectivity index (χ1v) is 4.80. The Bertz CT molecular complexity index is 348. The number of alkyl halides is 4. The fraction of sp³-hybridized carbons (Fsp3) is 0.250. The van der Waals surface area contributed by atoms with Crippen molar-refractivity contribution in [3.8, 4) is 0 Å². The minimum absolute atomic E-state index is 0.107. The molecule has 0 N–H and O–H groups in total. The van der Waals surface area contributed by atoms with Crippen LogP contribution in [0.2, 0.25) is 0 Å². The van der Waals surface area contributed by atoms with Crippen LogP contribution in [0.25, 0.3) is 0 Å². The van der Waals surface area contributed by atoms with Gasteiger partial charge in [-0.1, -0.05) is 15.9 Å². The van der Waals surface area contributed by atoms with Crippen molar-refractivity contribution in [2.24, 2.45) is 0 Å². The van der Waals surface area contributed by atoms with Crippen LogP contribution in [0.4, 0.5) is 17.6 Å². The molecule has 0 bridgehead atoms. The van der Waals surface area contributed by atoms with Gasteiger partial charge in [-0.05, 0) is 17.7 Å². The summed E-state index contributed by atoms with van der Waals surface area (Å²) < 4.78 is 49.7. The molecule has 0 nitrogen and oxygen atoms in total. The molecule has 0 aromatic heterocycles. The predicted octanol–water partition coefficient (Wildman–Crippen LogP) is 4.35. The Kier molecular flexibility index (Phi) is 3.42. The summed E-state index contributed by atoms with van der Waals surface area (Å²) in [6.45, 7) is 0. The van der Waals surface area contributed by atoms with Gasteiger partial charge in [0.15, 0.2) is 0 Å². The maximum Gasteiger partial charge on any atom is 0.419 e. The van der Waals surface area contributed by atoms with Gasteiger partial charge in [0.25, 0.3) is 0 Å². The lowest BCUT2D eigenvalue weighted by Gasteiger charge is -2.10. The van der Waals surface area contributed by atoms with Crippen LogP contribution in [-0.4, -0.2) is 0 Å². The zero-order valence-corrected chi connectivity index (χ0v) is 8.97. The Morgan fingerprint density at radius 3 is 2.29 bits per heavy atom. The van der Waals surface area contributed by atoms with Crippen LogP contribution in [0.5, 0.6) is 0 Å². The molecule has 0 atom stereocenters. The van der Waals surface area contributed by atoms with Crippen LogP contribution < -0.4 is 0 Å². The van der Waals surface area contributed by atoms with Crippen molar-refractivity contribution in [1.82, 2.24) is 0 Å². The standard InChI is InChI=1S/C8H4BrClF4/c9-6-2-7(11)5(8(12,13)14)1-4(6)3-10/h1-2H,3H2. The lowest BCUT2D eigenvalue weighted by atomic mass is 10.1. The third-order valence-corrected chi connectivity index (χ3v) is 2.61. The number of halogens is 6. The summed E-state index contributed by atoms with van der Waals surface area (Å²) in [6.07, 6.45) is -4.69. The molecule has 0 aliphatic rings. The molecule has 0 spiro atoms. The number of hydrogen-bond donors (Lipinski definition) is 0. The summed E-state index contributed by atoms with van der Waals surface area (Å²) >= 11 is 8.30. The average molecular weight is 291 g/mol. The second-order valence-corrected chi connectivity index (χ2v) is 3.68. The molecule has 0 radical (unpaired) electrons. The molecule has 1 aromatic carbocycles. The Morgan fingerprint density at radius 2 is 1.86 bits per heavy atom. The quantitative estimate of drug-likeness (QED) is 0.533. The van der Waals surface area contributed by atoms with Gasteiger partial charge < -0.3 is 0 Å². The van der Waals surface area contributed by atoms with E-state index in [-0.39, 0.29) is 15.9 Å². The van der Waals surface area contributed by atoms with Gasteiger partial charge >= 0.3 is 6.18 Å². The normalized spacial score (nSPS) is 11.9. The molecule has 0 unspecified atom stereocenters. The van der Waals surface area contributed by atoms with E-state index in [1.165, 1.54) is 0 Å². The highest BCUT2D eigenvalue weighted by Gasteiger charge is 2.34. The second-order valence-electron chi connectivity index (χ2n) is 2.55. The van der Waals surface area contributed by atoms with E-state index in [1.54, 1.807) is 0 Å². The Labute approximate surface area is 91.0 Å². The highest BCUT2D eigenvalue weighted by atomic mass is 79.9. The molecule has 0 amide bonds. The van der Waals surface area contributed by atoms with Crippen LogP contribution in [-0.2, 0) is 12.1 Å². The molecule has 0 aliphatic carbocycles. The van der Waals surface area contributed by atoms with Crippen molar-refractivity contribution in [3.05, 3.63) is 33.5 Å². The summed E-state index contributed by atoms with van der Waals surface area (Å²) in [6, 6.07) is 1.47. The summed E-state index contributed by atoms with van der Waals surface area (Å²) in [4.78, 5) is 0. The lowest BCUT2D eigenvalue weighted by Crippen LogP contribution is -2.08. The lowest BCUT2D eigenvalue weighted by molar-refractivity contribution is -0.140. The number of benzene rings is 1. The number of hydrogen-bond acceptors (Lipinski definition) is 0. The van der Waals surface area contributed by atoms with Gasteiger partial charge in [-0.3, -0.25) is 0 Å². The van der Waals surface area contributed by atoms with Gasteiger partial charge in [-0.25, -0.2) is 4.39 Å². The van der Waals surface area contributed by atoms with Crippen molar-refractivity contribution in [1.29, 1.82) is 0 Å². The summed E-state index contributed by atoms with van der Waals surface area (Å²) in [5, 5.41) is 0. The van der Waals surface area contributed by atoms with Crippen molar-refractivity contribution >= 4 is 27.5 Å². The SMILES string of the molecule is Fc1cc(Br)c(CCl)cc1C(F)(F)F. The van der Waals surface area contributed by atoms with Gasteiger partial charge in [-0.2, -0.15) is 13.2 Å². The van der Waals surface area contributed by atoms with Gasteiger partial charge in [0.05, 0.1) is 5.56 Å². The molecule has 0 heterocycles. The Balaban J connectivity index is 3.32. The predicted molar refractivity (Wildman–Crippen MR) is 48.7 cm³/mol. The zero-order chi connectivity index (χ0) is 10.9. The van der Waals surface area contributed by atoms with Crippen LogP contribution in [0.1, 0.15) is 11.1 Å². The summed E-state index contributed by atoms with van der Waals surface area (Å²) in [5.41, 5.74) is -1.09. The monoisotopic (exact) mass is 290 g/mol. The van der Waals surface area contributed by atoms with Gasteiger partial charge in [0.1, 0.15) is 5.82 Å². The van der Waals surface area contributed by atoms with Crippen molar-refractivity contribution in [2.45, 2.75) is 12.1 Å². The van der Waals surface area contributed by atoms with Crippen LogP contribution >= 0.6 is 27.5 Å². The fourth-order valence-corrected chi connectivity index (χ4v) is 1.75. The highest BCUT2D eigenvalue weighted by Crippen LogP contribution is 2.34. The smallest absolute Gasteiger partial charge is 0.206 e. The molecular weight excluding hydrogens is 287 g/mol. The van der Waals surface area contributed by atoms with Crippen LogP contribution in [0, 0.1) is 5.82 Å². The molecule has 0 fully saturated rings. The molecule has 0 saturated heterocycles. The third-order valence-electron chi connectivity index (χ3n) is 1.59. The van der Waals surface area contributed by atoms with E-state index in [2.05, 4.69) is 15.9 Å². The largest absolute Gasteiger partial charge is 0.419 e. The van der Waals surface area contributed by atoms with E-state index in [0.717, 1.165) is 6.07 Å². The van der Waals surface area contributed by atoms with Gasteiger partial charge in [-0.15, -0.1) is 11.6 Å². The summed E-state index contributed by atoms with van der Waals surface area (Å²) in [5.74, 6) is -1.41. The van der Waals surface area contributed by atoms with Gasteiger partial charge in [0.2, 0.25) is 0 Å². The number of rotatable bonds is 1. The third kappa shape index (κ3) is 2.39. The van der Waals surface area contributed by atoms with Crippen LogP contribution in [0.15, 0.2) is 16.6 Å². The maximum atomic E-state index is 12.9. The first-order valence-electron chi connectivity index (χ1n) is 3.47. The molecular formula is C8H4BrClF4. The second kappa shape index (κ2) is 4.06. The minimum Gasteiger partial charge on any atom is -0.206 e. The molecule has 14 heavy (non-hydrogen) atoms. The van der Waals surface area contributed by atoms with E-state index in [0.29, 0.717) is 6.07 Å². The molecule has 1 rings (SSSR count). The minimum atomic E-state index is -4.69. The molecule has 6 heteroatoms. The average Bonchev–Trinajstić information content (AvgIpc) is 2.02. The van der Waals surface area contributed by atoms with Crippen molar-refractivity contribution < 1.29 is 17.6 Å². The van der Waals surface area contributed by atoms with E-state index in [1.807, 2.05) is 0 Å². The van der Waals surface area contributed by atoms with Crippen LogP contribution in [0.3, 0.4) is 0 Å². The molecule has 1 aromatic rings. The van der Waals surface area contributed by atoms with E-state index >= 15 is 0 Å². The first-order chi connectivity index (χ1) is 6.36. The maximum absolute atomic E-state index is 12.9. The fourth-order valence-electron chi connectivity index (χ4n) is 0.913. The summed E-state index contributed by atoms with van der Waals surface area (Å²) in [7, 11) is 0. The van der Waals surface area contributed by atoms with E-state index in [9.17, 15) is 17.6 Å². The van der Waals surface area contributed by atoms with Crippen molar-refractivity contribution in [3.63, 3.8) is 0 Å². The molecule has 0 saturated carbocycles. The Hall–Kier alpha value is -0.290. The van der Waals surface area contributed by atoms with Gasteiger partial charge in [0, 0.05) is 10.4 Å². The Morgan fingerprint density at radius 1 is 1.29 bits per heavy atom. The van der Waals surface area contributed by atoms with E-state index < -0.39 is 17.6 Å². The molecule has 78 valence electrons. The zero-order valence-electron chi connectivity index (χ0n) is 6.63. The first kappa shape index (κ1) is 11.8.